The maximum atomic E-state index is 10.6. The summed E-state index contributed by atoms with van der Waals surface area (Å²) in [5.41, 5.74) is 2.23. The molecular formula is C14H18N4O2. The van der Waals surface area contributed by atoms with E-state index in [-0.39, 0.29) is 11.7 Å². The topological polar surface area (TPSA) is 73.0 Å². The van der Waals surface area contributed by atoms with Crippen LogP contribution >= 0.6 is 0 Å². The minimum absolute atomic E-state index is 0.107. The third-order valence-electron chi connectivity index (χ3n) is 3.16. The fourth-order valence-electron chi connectivity index (χ4n) is 2.02. The first-order valence-corrected chi connectivity index (χ1v) is 6.59. The summed E-state index contributed by atoms with van der Waals surface area (Å²) < 4.78 is 1.84. The minimum atomic E-state index is -0.395. The van der Waals surface area contributed by atoms with E-state index < -0.39 is 4.92 Å². The van der Waals surface area contributed by atoms with Crippen molar-refractivity contribution in [3.8, 4) is 0 Å². The van der Waals surface area contributed by atoms with Gasteiger partial charge in [-0.2, -0.15) is 5.10 Å². The van der Waals surface area contributed by atoms with Crippen LogP contribution in [-0.2, 0) is 6.54 Å². The highest BCUT2D eigenvalue weighted by atomic mass is 16.6. The molecule has 106 valence electrons. The normalized spacial score (nSPS) is 12.3. The highest BCUT2D eigenvalue weighted by molar-refractivity contribution is 5.32. The smallest absolute Gasteiger partial charge is 0.269 e. The van der Waals surface area contributed by atoms with Crippen LogP contribution in [0.3, 0.4) is 0 Å². The Balaban J connectivity index is 2.04. The highest BCUT2D eigenvalue weighted by Gasteiger charge is 2.08. The summed E-state index contributed by atoms with van der Waals surface area (Å²) in [5.74, 6) is 0. The van der Waals surface area contributed by atoms with E-state index in [1.807, 2.05) is 17.1 Å². The molecule has 0 fully saturated rings. The molecule has 2 aromatic rings. The fraction of sp³-hybridized carbons (Fsp3) is 0.357. The van der Waals surface area contributed by atoms with Gasteiger partial charge in [-0.3, -0.25) is 14.8 Å². The van der Waals surface area contributed by atoms with Crippen molar-refractivity contribution in [2.24, 2.45) is 0 Å². The average molecular weight is 274 g/mol. The van der Waals surface area contributed by atoms with Crippen LogP contribution in [0.5, 0.6) is 0 Å². The van der Waals surface area contributed by atoms with E-state index in [0.29, 0.717) is 6.54 Å². The largest absolute Gasteiger partial charge is 0.310 e. The molecule has 0 aliphatic rings. The van der Waals surface area contributed by atoms with E-state index in [4.69, 9.17) is 0 Å². The molecule has 1 unspecified atom stereocenters. The van der Waals surface area contributed by atoms with Gasteiger partial charge in [-0.1, -0.05) is 19.1 Å². The summed E-state index contributed by atoms with van der Waals surface area (Å²) in [5, 5.41) is 18.2. The van der Waals surface area contributed by atoms with Gasteiger partial charge in [0.1, 0.15) is 0 Å². The SMILES string of the molecule is CCNC(C)c1cnn(Cc2ccc([N+](=O)[O-])cc2)c1. The van der Waals surface area contributed by atoms with Crippen LogP contribution in [0.15, 0.2) is 36.7 Å². The van der Waals surface area contributed by atoms with E-state index in [2.05, 4.69) is 24.3 Å². The van der Waals surface area contributed by atoms with E-state index in [0.717, 1.165) is 17.7 Å². The van der Waals surface area contributed by atoms with Crippen molar-refractivity contribution in [3.63, 3.8) is 0 Å². The van der Waals surface area contributed by atoms with Gasteiger partial charge in [-0.05, 0) is 19.0 Å². The lowest BCUT2D eigenvalue weighted by Gasteiger charge is -2.08. The van der Waals surface area contributed by atoms with Crippen molar-refractivity contribution in [1.82, 2.24) is 15.1 Å². The monoisotopic (exact) mass is 274 g/mol. The molecule has 1 N–H and O–H groups in total. The summed E-state index contributed by atoms with van der Waals surface area (Å²) in [6.45, 7) is 5.68. The van der Waals surface area contributed by atoms with Crippen LogP contribution in [0.2, 0.25) is 0 Å². The van der Waals surface area contributed by atoms with Gasteiger partial charge in [0.25, 0.3) is 5.69 Å². The molecule has 0 amide bonds. The molecule has 6 nitrogen and oxygen atoms in total. The second-order valence-corrected chi connectivity index (χ2v) is 4.67. The van der Waals surface area contributed by atoms with Crippen molar-refractivity contribution in [2.45, 2.75) is 26.4 Å². The van der Waals surface area contributed by atoms with Crippen molar-refractivity contribution >= 4 is 5.69 Å². The van der Waals surface area contributed by atoms with Crippen LogP contribution < -0.4 is 5.32 Å². The van der Waals surface area contributed by atoms with Crippen LogP contribution in [0.4, 0.5) is 5.69 Å². The summed E-state index contributed by atoms with van der Waals surface area (Å²) in [7, 11) is 0. The predicted octanol–water partition coefficient (Wildman–Crippen LogP) is 2.51. The van der Waals surface area contributed by atoms with Crippen molar-refractivity contribution in [3.05, 3.63) is 57.9 Å². The van der Waals surface area contributed by atoms with Crippen molar-refractivity contribution in [1.29, 1.82) is 0 Å². The van der Waals surface area contributed by atoms with Gasteiger partial charge >= 0.3 is 0 Å². The minimum Gasteiger partial charge on any atom is -0.310 e. The number of aromatic nitrogens is 2. The molecule has 1 atom stereocenters. The first-order valence-electron chi connectivity index (χ1n) is 6.59. The summed E-state index contributed by atoms with van der Waals surface area (Å²) in [6.07, 6.45) is 3.84. The molecule has 20 heavy (non-hydrogen) atoms. The highest BCUT2D eigenvalue weighted by Crippen LogP contribution is 2.14. The molecule has 0 aliphatic heterocycles. The van der Waals surface area contributed by atoms with Gasteiger partial charge in [0.05, 0.1) is 17.7 Å². The molecule has 6 heteroatoms. The number of nitrogens with zero attached hydrogens (tertiary/aromatic N) is 3. The Morgan fingerprint density at radius 2 is 2.10 bits per heavy atom. The first kappa shape index (κ1) is 14.2. The molecule has 0 radical (unpaired) electrons. The summed E-state index contributed by atoms with van der Waals surface area (Å²) in [4.78, 5) is 10.2. The summed E-state index contributed by atoms with van der Waals surface area (Å²) in [6, 6.07) is 6.81. The molecule has 0 saturated heterocycles. The lowest BCUT2D eigenvalue weighted by molar-refractivity contribution is -0.384. The molecule has 1 heterocycles. The average Bonchev–Trinajstić information content (AvgIpc) is 2.88. The van der Waals surface area contributed by atoms with Crippen molar-refractivity contribution < 1.29 is 4.92 Å². The number of hydrogen-bond acceptors (Lipinski definition) is 4. The Hall–Kier alpha value is -2.21. The van der Waals surface area contributed by atoms with Crippen LogP contribution in [-0.4, -0.2) is 21.2 Å². The van der Waals surface area contributed by atoms with Crippen LogP contribution in [0.1, 0.15) is 31.0 Å². The molecule has 0 bridgehead atoms. The number of nitro benzene ring substituents is 1. The van der Waals surface area contributed by atoms with Gasteiger partial charge in [0.2, 0.25) is 0 Å². The Morgan fingerprint density at radius 3 is 2.70 bits per heavy atom. The Morgan fingerprint density at radius 1 is 1.40 bits per heavy atom. The van der Waals surface area contributed by atoms with Crippen LogP contribution in [0.25, 0.3) is 0 Å². The lowest BCUT2D eigenvalue weighted by Crippen LogP contribution is -2.17. The van der Waals surface area contributed by atoms with Gasteiger partial charge in [-0.25, -0.2) is 0 Å². The van der Waals surface area contributed by atoms with E-state index >= 15 is 0 Å². The Bertz CT molecular complexity index is 577. The number of nitro groups is 1. The third kappa shape index (κ3) is 3.42. The zero-order chi connectivity index (χ0) is 14.5. The van der Waals surface area contributed by atoms with Gasteiger partial charge in [-0.15, -0.1) is 0 Å². The molecular weight excluding hydrogens is 256 g/mol. The molecule has 0 spiro atoms. The molecule has 0 saturated carbocycles. The zero-order valence-corrected chi connectivity index (χ0v) is 11.6. The first-order chi connectivity index (χ1) is 9.60. The lowest BCUT2D eigenvalue weighted by atomic mass is 10.2. The van der Waals surface area contributed by atoms with Gasteiger partial charge < -0.3 is 5.32 Å². The zero-order valence-electron chi connectivity index (χ0n) is 11.6. The fourth-order valence-corrected chi connectivity index (χ4v) is 2.02. The summed E-state index contributed by atoms with van der Waals surface area (Å²) >= 11 is 0. The molecule has 2 rings (SSSR count). The van der Waals surface area contributed by atoms with E-state index in [9.17, 15) is 10.1 Å². The standard InChI is InChI=1S/C14H18N4O2/c1-3-15-11(2)13-8-16-17(10-13)9-12-4-6-14(7-5-12)18(19)20/h4-8,10-11,15H,3,9H2,1-2H3. The number of non-ortho nitro benzene ring substituents is 1. The molecule has 1 aromatic carbocycles. The second-order valence-electron chi connectivity index (χ2n) is 4.67. The van der Waals surface area contributed by atoms with E-state index in [1.54, 1.807) is 12.1 Å². The maximum Gasteiger partial charge on any atom is 0.269 e. The number of rotatable bonds is 6. The van der Waals surface area contributed by atoms with Crippen LogP contribution in [0, 0.1) is 10.1 Å². The molecule has 0 aliphatic carbocycles. The number of nitrogens with one attached hydrogen (secondary N) is 1. The maximum absolute atomic E-state index is 10.6. The predicted molar refractivity (Wildman–Crippen MR) is 76.5 cm³/mol. The van der Waals surface area contributed by atoms with E-state index in [1.165, 1.54) is 12.1 Å². The van der Waals surface area contributed by atoms with Gasteiger partial charge in [0.15, 0.2) is 0 Å². The Kier molecular flexibility index (Phi) is 4.47. The number of hydrogen-bond donors (Lipinski definition) is 1. The number of benzene rings is 1. The third-order valence-corrected chi connectivity index (χ3v) is 3.16. The Labute approximate surface area is 117 Å². The quantitative estimate of drug-likeness (QED) is 0.649. The second kappa shape index (κ2) is 6.29. The molecule has 1 aromatic heterocycles. The van der Waals surface area contributed by atoms with Gasteiger partial charge in [0, 0.05) is 29.9 Å². The van der Waals surface area contributed by atoms with Crippen molar-refractivity contribution in [2.75, 3.05) is 6.54 Å².